The van der Waals surface area contributed by atoms with Crippen molar-refractivity contribution >= 4 is 17.7 Å². The molecule has 0 radical (unpaired) electrons. The lowest BCUT2D eigenvalue weighted by Crippen LogP contribution is -2.31. The summed E-state index contributed by atoms with van der Waals surface area (Å²) in [6.07, 6.45) is 0. The Morgan fingerprint density at radius 1 is 1.47 bits per heavy atom. The van der Waals surface area contributed by atoms with Crippen LogP contribution < -0.4 is 0 Å². The Morgan fingerprint density at radius 3 is 2.94 bits per heavy atom. The molecule has 0 aromatic heterocycles. The van der Waals surface area contributed by atoms with Crippen LogP contribution in [0.15, 0.2) is 24.3 Å². The fourth-order valence-electron chi connectivity index (χ4n) is 2.01. The summed E-state index contributed by atoms with van der Waals surface area (Å²) in [5.74, 6) is 0.781. The summed E-state index contributed by atoms with van der Waals surface area (Å²) in [4.78, 5) is 13.7. The molecular weight excluding hydrogens is 234 g/mol. The van der Waals surface area contributed by atoms with Gasteiger partial charge in [-0.15, -0.1) is 11.8 Å². The highest BCUT2D eigenvalue weighted by Gasteiger charge is 2.32. The van der Waals surface area contributed by atoms with Gasteiger partial charge >= 0.3 is 0 Å². The molecule has 1 unspecified atom stereocenters. The molecule has 1 aliphatic heterocycles. The van der Waals surface area contributed by atoms with E-state index in [-0.39, 0.29) is 11.3 Å². The van der Waals surface area contributed by atoms with Crippen LogP contribution in [0.1, 0.15) is 16.5 Å². The molecule has 0 spiro atoms. The second-order valence-electron chi connectivity index (χ2n) is 4.10. The van der Waals surface area contributed by atoms with Crippen molar-refractivity contribution in [2.75, 3.05) is 26.0 Å². The fourth-order valence-corrected chi connectivity index (χ4v) is 3.32. The van der Waals surface area contributed by atoms with E-state index in [1.165, 1.54) is 11.1 Å². The Bertz CT molecular complexity index is 408. The van der Waals surface area contributed by atoms with Gasteiger partial charge in [-0.2, -0.15) is 0 Å². The lowest BCUT2D eigenvalue weighted by molar-refractivity contribution is -0.128. The Kier molecular flexibility index (Phi) is 4.07. The van der Waals surface area contributed by atoms with E-state index in [1.54, 1.807) is 18.9 Å². The van der Waals surface area contributed by atoms with Gasteiger partial charge in [-0.05, 0) is 18.1 Å². The number of hydrogen-bond acceptors (Lipinski definition) is 3. The van der Waals surface area contributed by atoms with Crippen molar-refractivity contribution in [3.8, 4) is 0 Å². The van der Waals surface area contributed by atoms with Crippen molar-refractivity contribution in [1.29, 1.82) is 0 Å². The van der Waals surface area contributed by atoms with E-state index in [1.807, 2.05) is 17.0 Å². The van der Waals surface area contributed by atoms with Gasteiger partial charge in [0.25, 0.3) is 0 Å². The van der Waals surface area contributed by atoms with Crippen molar-refractivity contribution in [1.82, 2.24) is 4.90 Å². The van der Waals surface area contributed by atoms with Crippen molar-refractivity contribution in [3.05, 3.63) is 35.4 Å². The number of rotatable bonds is 4. The van der Waals surface area contributed by atoms with E-state index in [9.17, 15) is 4.79 Å². The van der Waals surface area contributed by atoms with Crippen LogP contribution in [0.2, 0.25) is 0 Å². The van der Waals surface area contributed by atoms with Crippen LogP contribution in [0, 0.1) is 6.92 Å². The number of benzene rings is 1. The van der Waals surface area contributed by atoms with Gasteiger partial charge in [-0.25, -0.2) is 0 Å². The molecule has 0 N–H and O–H groups in total. The normalized spacial score (nSPS) is 20.0. The van der Waals surface area contributed by atoms with Crippen molar-refractivity contribution in [2.24, 2.45) is 0 Å². The molecule has 3 nitrogen and oxygen atoms in total. The molecule has 1 amide bonds. The summed E-state index contributed by atoms with van der Waals surface area (Å²) in [5, 5.41) is 0.152. The molecule has 1 fully saturated rings. The molecule has 1 aliphatic rings. The maximum Gasteiger partial charge on any atom is 0.233 e. The van der Waals surface area contributed by atoms with Crippen LogP contribution in [-0.2, 0) is 9.53 Å². The summed E-state index contributed by atoms with van der Waals surface area (Å²) in [5.41, 5.74) is 2.47. The van der Waals surface area contributed by atoms with Gasteiger partial charge in [0.15, 0.2) is 0 Å². The number of carbonyl (C=O) groups excluding carboxylic acids is 1. The Balaban J connectivity index is 2.19. The Hall–Kier alpha value is -1.00. The van der Waals surface area contributed by atoms with E-state index in [4.69, 9.17) is 4.74 Å². The average molecular weight is 251 g/mol. The van der Waals surface area contributed by atoms with Crippen molar-refractivity contribution in [3.63, 3.8) is 0 Å². The number of hydrogen-bond donors (Lipinski definition) is 0. The lowest BCUT2D eigenvalue weighted by Gasteiger charge is -2.25. The van der Waals surface area contributed by atoms with Gasteiger partial charge in [0.2, 0.25) is 5.91 Å². The second-order valence-corrected chi connectivity index (χ2v) is 5.17. The number of thioether (sulfide) groups is 1. The smallest absolute Gasteiger partial charge is 0.233 e. The zero-order chi connectivity index (χ0) is 12.3. The predicted molar refractivity (Wildman–Crippen MR) is 70.0 cm³/mol. The minimum atomic E-state index is 0.152. The van der Waals surface area contributed by atoms with E-state index >= 15 is 0 Å². The van der Waals surface area contributed by atoms with Gasteiger partial charge in [0.1, 0.15) is 5.37 Å². The standard InChI is InChI=1S/C13H17NO2S/c1-10-5-3-4-6-11(10)13-14(7-8-16-2)12(15)9-17-13/h3-6,13H,7-9H2,1-2H3. The quantitative estimate of drug-likeness (QED) is 0.821. The summed E-state index contributed by atoms with van der Waals surface area (Å²) in [6.45, 7) is 3.35. The molecule has 0 bridgehead atoms. The highest BCUT2D eigenvalue weighted by atomic mass is 32.2. The van der Waals surface area contributed by atoms with Gasteiger partial charge in [-0.3, -0.25) is 4.79 Å². The van der Waals surface area contributed by atoms with Crippen LogP contribution >= 0.6 is 11.8 Å². The molecule has 0 aliphatic carbocycles. The molecule has 17 heavy (non-hydrogen) atoms. The molecule has 1 aromatic carbocycles. The SMILES string of the molecule is COCCN1C(=O)CSC1c1ccccc1C. The van der Waals surface area contributed by atoms with Crippen LogP contribution in [0.3, 0.4) is 0 Å². The average Bonchev–Trinajstić information content (AvgIpc) is 2.69. The first-order chi connectivity index (χ1) is 8.24. The first-order valence-corrected chi connectivity index (χ1v) is 6.74. The minimum Gasteiger partial charge on any atom is -0.383 e. The monoisotopic (exact) mass is 251 g/mol. The summed E-state index contributed by atoms with van der Waals surface area (Å²) in [7, 11) is 1.66. The third-order valence-electron chi connectivity index (χ3n) is 2.96. The third kappa shape index (κ3) is 2.64. The molecule has 2 rings (SSSR count). The Morgan fingerprint density at radius 2 is 2.24 bits per heavy atom. The molecule has 1 heterocycles. The largest absolute Gasteiger partial charge is 0.383 e. The predicted octanol–water partition coefficient (Wildman–Crippen LogP) is 2.22. The van der Waals surface area contributed by atoms with E-state index in [2.05, 4.69) is 19.1 Å². The highest BCUT2D eigenvalue weighted by Crippen LogP contribution is 2.39. The van der Waals surface area contributed by atoms with Gasteiger partial charge in [-0.1, -0.05) is 24.3 Å². The molecular formula is C13H17NO2S. The molecule has 1 atom stereocenters. The molecule has 4 heteroatoms. The highest BCUT2D eigenvalue weighted by molar-refractivity contribution is 8.00. The number of carbonyl (C=O) groups is 1. The second kappa shape index (κ2) is 5.56. The molecule has 1 saturated heterocycles. The number of nitrogens with zero attached hydrogens (tertiary/aromatic N) is 1. The Labute approximate surface area is 106 Å². The van der Waals surface area contributed by atoms with Crippen molar-refractivity contribution in [2.45, 2.75) is 12.3 Å². The zero-order valence-electron chi connectivity index (χ0n) is 10.2. The number of methoxy groups -OCH3 is 1. The number of aryl methyl sites for hydroxylation is 1. The van der Waals surface area contributed by atoms with E-state index < -0.39 is 0 Å². The molecule has 0 saturated carbocycles. The van der Waals surface area contributed by atoms with Gasteiger partial charge in [0, 0.05) is 13.7 Å². The molecule has 1 aromatic rings. The summed E-state index contributed by atoms with van der Waals surface area (Å²) in [6, 6.07) is 8.25. The first-order valence-electron chi connectivity index (χ1n) is 5.69. The number of ether oxygens (including phenoxy) is 1. The van der Waals surface area contributed by atoms with Crippen LogP contribution in [0.4, 0.5) is 0 Å². The minimum absolute atomic E-state index is 0.152. The third-order valence-corrected chi connectivity index (χ3v) is 4.20. The zero-order valence-corrected chi connectivity index (χ0v) is 11.0. The van der Waals surface area contributed by atoms with E-state index in [0.29, 0.717) is 18.9 Å². The maximum absolute atomic E-state index is 11.8. The van der Waals surface area contributed by atoms with E-state index in [0.717, 1.165) is 0 Å². The fraction of sp³-hybridized carbons (Fsp3) is 0.462. The topological polar surface area (TPSA) is 29.5 Å². The summed E-state index contributed by atoms with van der Waals surface area (Å²) < 4.78 is 5.06. The van der Waals surface area contributed by atoms with Crippen LogP contribution in [-0.4, -0.2) is 36.8 Å². The van der Waals surface area contributed by atoms with Gasteiger partial charge < -0.3 is 9.64 Å². The van der Waals surface area contributed by atoms with Crippen LogP contribution in [0.25, 0.3) is 0 Å². The van der Waals surface area contributed by atoms with Crippen LogP contribution in [0.5, 0.6) is 0 Å². The van der Waals surface area contributed by atoms with Crippen molar-refractivity contribution < 1.29 is 9.53 Å². The molecule has 92 valence electrons. The maximum atomic E-state index is 11.8. The first kappa shape index (κ1) is 12.5. The number of amides is 1. The summed E-state index contributed by atoms with van der Waals surface area (Å²) >= 11 is 1.70. The van der Waals surface area contributed by atoms with Gasteiger partial charge in [0.05, 0.1) is 12.4 Å². The lowest BCUT2D eigenvalue weighted by atomic mass is 10.1.